The number of halogens is 1. The van der Waals surface area contributed by atoms with Gasteiger partial charge in [-0.3, -0.25) is 0 Å². The highest BCUT2D eigenvalue weighted by Crippen LogP contribution is 2.22. The standard InChI is InChI=1S/C13H19ClN4/c1-3-8-18(4-2)9-7-17-13-12(14)11(10-15)5-6-16-13/h5-6H,3-4,7-9H2,1-2H3,(H,16,17). The minimum Gasteiger partial charge on any atom is -0.368 e. The smallest absolute Gasteiger partial charge is 0.146 e. The summed E-state index contributed by atoms with van der Waals surface area (Å²) in [5.41, 5.74) is 0.454. The van der Waals surface area contributed by atoms with Crippen molar-refractivity contribution in [2.24, 2.45) is 0 Å². The monoisotopic (exact) mass is 266 g/mol. The van der Waals surface area contributed by atoms with Gasteiger partial charge in [-0.1, -0.05) is 25.4 Å². The van der Waals surface area contributed by atoms with Crippen LogP contribution in [0.5, 0.6) is 0 Å². The summed E-state index contributed by atoms with van der Waals surface area (Å²) in [6.45, 7) is 8.17. The molecule has 98 valence electrons. The number of anilines is 1. The average Bonchev–Trinajstić information content (AvgIpc) is 2.39. The Morgan fingerprint density at radius 3 is 2.83 bits per heavy atom. The summed E-state index contributed by atoms with van der Waals surface area (Å²) in [4.78, 5) is 6.50. The number of likely N-dealkylation sites (N-methyl/N-ethyl adjacent to an activating group) is 1. The van der Waals surface area contributed by atoms with Crippen molar-refractivity contribution < 1.29 is 0 Å². The predicted molar refractivity (Wildman–Crippen MR) is 74.9 cm³/mol. The van der Waals surface area contributed by atoms with Crippen molar-refractivity contribution in [2.45, 2.75) is 20.3 Å². The largest absolute Gasteiger partial charge is 0.368 e. The SMILES string of the molecule is CCCN(CC)CCNc1nccc(C#N)c1Cl. The lowest BCUT2D eigenvalue weighted by molar-refractivity contribution is 0.300. The molecule has 18 heavy (non-hydrogen) atoms. The lowest BCUT2D eigenvalue weighted by Gasteiger charge is -2.19. The number of nitrogens with one attached hydrogen (secondary N) is 1. The van der Waals surface area contributed by atoms with E-state index in [-0.39, 0.29) is 0 Å². The first-order valence-corrected chi connectivity index (χ1v) is 6.61. The molecular formula is C13H19ClN4. The Morgan fingerprint density at radius 2 is 2.22 bits per heavy atom. The number of pyridine rings is 1. The van der Waals surface area contributed by atoms with E-state index >= 15 is 0 Å². The molecule has 0 bridgehead atoms. The molecule has 1 heterocycles. The molecule has 4 nitrogen and oxygen atoms in total. The van der Waals surface area contributed by atoms with E-state index < -0.39 is 0 Å². The zero-order chi connectivity index (χ0) is 13.4. The van der Waals surface area contributed by atoms with Crippen LogP contribution in [-0.2, 0) is 0 Å². The molecule has 0 saturated carbocycles. The number of hydrogen-bond donors (Lipinski definition) is 1. The number of rotatable bonds is 7. The maximum Gasteiger partial charge on any atom is 0.146 e. The lowest BCUT2D eigenvalue weighted by Crippen LogP contribution is -2.29. The number of nitrogens with zero attached hydrogens (tertiary/aromatic N) is 3. The first-order chi connectivity index (χ1) is 8.72. The molecule has 0 fully saturated rings. The van der Waals surface area contributed by atoms with Crippen molar-refractivity contribution in [1.29, 1.82) is 5.26 Å². The second-order valence-electron chi connectivity index (χ2n) is 3.99. The van der Waals surface area contributed by atoms with Crippen molar-refractivity contribution in [2.75, 3.05) is 31.5 Å². The first-order valence-electron chi connectivity index (χ1n) is 6.23. The second-order valence-corrected chi connectivity index (χ2v) is 4.37. The molecule has 0 aliphatic carbocycles. The fraction of sp³-hybridized carbons (Fsp3) is 0.538. The lowest BCUT2D eigenvalue weighted by atomic mass is 10.3. The molecule has 0 radical (unpaired) electrons. The van der Waals surface area contributed by atoms with E-state index in [0.29, 0.717) is 16.4 Å². The van der Waals surface area contributed by atoms with Crippen molar-refractivity contribution in [3.05, 3.63) is 22.8 Å². The van der Waals surface area contributed by atoms with Gasteiger partial charge in [0.05, 0.1) is 5.56 Å². The van der Waals surface area contributed by atoms with Gasteiger partial charge >= 0.3 is 0 Å². The van der Waals surface area contributed by atoms with E-state index in [1.807, 2.05) is 6.07 Å². The van der Waals surface area contributed by atoms with E-state index in [4.69, 9.17) is 16.9 Å². The Labute approximate surface area is 114 Å². The van der Waals surface area contributed by atoms with Crippen molar-refractivity contribution in [3.8, 4) is 6.07 Å². The molecule has 0 aliphatic rings. The van der Waals surface area contributed by atoms with Crippen LogP contribution in [0.25, 0.3) is 0 Å². The predicted octanol–water partition coefficient (Wildman–Crippen LogP) is 2.75. The van der Waals surface area contributed by atoms with Gasteiger partial charge in [0, 0.05) is 19.3 Å². The first kappa shape index (κ1) is 14.7. The summed E-state index contributed by atoms with van der Waals surface area (Å²) in [5.74, 6) is 0.586. The number of nitriles is 1. The van der Waals surface area contributed by atoms with Gasteiger partial charge < -0.3 is 10.2 Å². The average molecular weight is 267 g/mol. The van der Waals surface area contributed by atoms with Gasteiger partial charge in [-0.25, -0.2) is 4.98 Å². The Balaban J connectivity index is 2.51. The van der Waals surface area contributed by atoms with Gasteiger partial charge in [0.15, 0.2) is 0 Å². The second kappa shape index (κ2) is 7.91. The van der Waals surface area contributed by atoms with Crippen LogP contribution in [0.15, 0.2) is 12.3 Å². The van der Waals surface area contributed by atoms with Gasteiger partial charge in [0.25, 0.3) is 0 Å². The molecule has 1 N–H and O–H groups in total. The van der Waals surface area contributed by atoms with Crippen LogP contribution in [0.1, 0.15) is 25.8 Å². The summed E-state index contributed by atoms with van der Waals surface area (Å²) >= 11 is 6.06. The Kier molecular flexibility index (Phi) is 6.48. The molecule has 1 rings (SSSR count). The quantitative estimate of drug-likeness (QED) is 0.825. The minimum absolute atomic E-state index is 0.401. The molecular weight excluding hydrogens is 248 g/mol. The van der Waals surface area contributed by atoms with E-state index in [1.165, 1.54) is 0 Å². The summed E-state index contributed by atoms with van der Waals surface area (Å²) in [6, 6.07) is 3.66. The van der Waals surface area contributed by atoms with Gasteiger partial charge in [0.1, 0.15) is 16.9 Å². The maximum absolute atomic E-state index is 8.87. The third-order valence-corrected chi connectivity index (χ3v) is 3.10. The zero-order valence-electron chi connectivity index (χ0n) is 10.9. The third-order valence-electron chi connectivity index (χ3n) is 2.72. The molecule has 0 aliphatic heterocycles. The maximum atomic E-state index is 8.87. The summed E-state index contributed by atoms with van der Waals surface area (Å²) < 4.78 is 0. The van der Waals surface area contributed by atoms with E-state index in [0.717, 1.165) is 32.6 Å². The molecule has 0 aromatic carbocycles. The zero-order valence-corrected chi connectivity index (χ0v) is 11.7. The Morgan fingerprint density at radius 1 is 1.44 bits per heavy atom. The molecule has 0 spiro atoms. The highest BCUT2D eigenvalue weighted by molar-refractivity contribution is 6.34. The number of hydrogen-bond acceptors (Lipinski definition) is 4. The van der Waals surface area contributed by atoms with Gasteiger partial charge in [0.2, 0.25) is 0 Å². The van der Waals surface area contributed by atoms with Gasteiger partial charge in [-0.15, -0.1) is 0 Å². The van der Waals surface area contributed by atoms with Crippen LogP contribution in [0.4, 0.5) is 5.82 Å². The Hall–Kier alpha value is -1.31. The summed E-state index contributed by atoms with van der Waals surface area (Å²) in [6.07, 6.45) is 2.74. The molecule has 0 unspecified atom stereocenters. The van der Waals surface area contributed by atoms with E-state index in [1.54, 1.807) is 12.3 Å². The van der Waals surface area contributed by atoms with Crippen molar-refractivity contribution in [3.63, 3.8) is 0 Å². The van der Waals surface area contributed by atoms with Crippen LogP contribution in [-0.4, -0.2) is 36.1 Å². The van der Waals surface area contributed by atoms with Crippen LogP contribution in [0.2, 0.25) is 5.02 Å². The van der Waals surface area contributed by atoms with Crippen LogP contribution in [0, 0.1) is 11.3 Å². The van der Waals surface area contributed by atoms with Crippen molar-refractivity contribution >= 4 is 17.4 Å². The van der Waals surface area contributed by atoms with E-state index in [9.17, 15) is 0 Å². The molecule has 0 saturated heterocycles. The third kappa shape index (κ3) is 4.17. The van der Waals surface area contributed by atoms with Crippen LogP contribution in [0.3, 0.4) is 0 Å². The summed E-state index contributed by atoms with van der Waals surface area (Å²) in [7, 11) is 0. The minimum atomic E-state index is 0.401. The van der Waals surface area contributed by atoms with Crippen molar-refractivity contribution in [1.82, 2.24) is 9.88 Å². The fourth-order valence-corrected chi connectivity index (χ4v) is 1.95. The Bertz CT molecular complexity index is 414. The molecule has 1 aromatic rings. The van der Waals surface area contributed by atoms with Crippen LogP contribution >= 0.6 is 11.6 Å². The van der Waals surface area contributed by atoms with E-state index in [2.05, 4.69) is 29.0 Å². The van der Waals surface area contributed by atoms with Gasteiger partial charge in [-0.2, -0.15) is 5.26 Å². The topological polar surface area (TPSA) is 52.0 Å². The molecule has 0 amide bonds. The normalized spacial score (nSPS) is 10.4. The molecule has 0 atom stereocenters. The highest BCUT2D eigenvalue weighted by atomic mass is 35.5. The number of aromatic nitrogens is 1. The highest BCUT2D eigenvalue weighted by Gasteiger charge is 2.07. The molecule has 1 aromatic heterocycles. The molecule has 5 heteroatoms. The van der Waals surface area contributed by atoms with Crippen LogP contribution < -0.4 is 5.32 Å². The summed E-state index contributed by atoms with van der Waals surface area (Å²) in [5, 5.41) is 12.4. The fourth-order valence-electron chi connectivity index (χ4n) is 1.73. The van der Waals surface area contributed by atoms with Gasteiger partial charge in [-0.05, 0) is 25.6 Å².